The number of rotatable bonds is 6. The van der Waals surface area contributed by atoms with E-state index in [1.165, 1.54) is 6.07 Å². The zero-order chi connectivity index (χ0) is 17.1. The highest BCUT2D eigenvalue weighted by molar-refractivity contribution is 7.13. The normalized spacial score (nSPS) is 12.5. The van der Waals surface area contributed by atoms with Crippen LogP contribution >= 0.6 is 11.3 Å². The summed E-state index contributed by atoms with van der Waals surface area (Å²) in [4.78, 5) is 1.05. The second kappa shape index (κ2) is 7.21. The first-order valence-corrected chi connectivity index (χ1v) is 8.33. The van der Waals surface area contributed by atoms with Gasteiger partial charge in [-0.05, 0) is 23.6 Å². The number of thiophene rings is 1. The van der Waals surface area contributed by atoms with Crippen LogP contribution in [0.1, 0.15) is 17.2 Å². The van der Waals surface area contributed by atoms with Crippen LogP contribution in [0.5, 0.6) is 0 Å². The second-order valence-electron chi connectivity index (χ2n) is 5.44. The van der Waals surface area contributed by atoms with Gasteiger partial charge >= 0.3 is 0 Å². The topological polar surface area (TPSA) is 50.1 Å². The van der Waals surface area contributed by atoms with Crippen molar-refractivity contribution in [2.24, 2.45) is 7.05 Å². The largest absolute Gasteiger partial charge is 0.387 e. The smallest absolute Gasteiger partial charge is 0.131 e. The molecule has 2 aromatic heterocycles. The molecule has 4 nitrogen and oxygen atoms in total. The quantitative estimate of drug-likeness (QED) is 0.718. The molecular weight excluding hydrogens is 332 g/mol. The van der Waals surface area contributed by atoms with Crippen molar-refractivity contribution in [2.45, 2.75) is 12.6 Å². The number of hydrogen-bond donors (Lipinski definition) is 2. The lowest BCUT2D eigenvalue weighted by Crippen LogP contribution is -2.22. The van der Waals surface area contributed by atoms with E-state index in [1.807, 2.05) is 30.8 Å². The molecule has 1 unspecified atom stereocenters. The average molecular weight is 349 g/mol. The fraction of sp³-hybridized carbons (Fsp3) is 0.235. The first-order valence-electron chi connectivity index (χ1n) is 7.45. The van der Waals surface area contributed by atoms with Gasteiger partial charge in [-0.1, -0.05) is 12.1 Å². The van der Waals surface area contributed by atoms with Crippen LogP contribution in [0.2, 0.25) is 0 Å². The number of aromatic nitrogens is 2. The maximum Gasteiger partial charge on any atom is 0.131 e. The fourth-order valence-electron chi connectivity index (χ4n) is 2.56. The van der Waals surface area contributed by atoms with Crippen LogP contribution < -0.4 is 5.32 Å². The summed E-state index contributed by atoms with van der Waals surface area (Å²) in [6.45, 7) is 0.477. The Balaban J connectivity index is 1.67. The molecule has 0 radical (unpaired) electrons. The van der Waals surface area contributed by atoms with Gasteiger partial charge in [0.25, 0.3) is 0 Å². The van der Waals surface area contributed by atoms with Crippen molar-refractivity contribution in [1.29, 1.82) is 0 Å². The molecule has 0 amide bonds. The molecule has 24 heavy (non-hydrogen) atoms. The predicted molar refractivity (Wildman–Crippen MR) is 89.5 cm³/mol. The van der Waals surface area contributed by atoms with E-state index in [0.717, 1.165) is 28.3 Å². The van der Waals surface area contributed by atoms with E-state index in [-0.39, 0.29) is 12.1 Å². The zero-order valence-electron chi connectivity index (χ0n) is 13.0. The van der Waals surface area contributed by atoms with Crippen molar-refractivity contribution in [3.8, 4) is 10.6 Å². The van der Waals surface area contributed by atoms with Crippen molar-refractivity contribution >= 4 is 11.3 Å². The third-order valence-electron chi connectivity index (χ3n) is 3.65. The van der Waals surface area contributed by atoms with Crippen LogP contribution in [0.25, 0.3) is 10.6 Å². The molecule has 1 aromatic carbocycles. The molecule has 0 bridgehead atoms. The molecule has 3 aromatic rings. The molecule has 3 rings (SSSR count). The minimum atomic E-state index is -1.26. The fourth-order valence-corrected chi connectivity index (χ4v) is 3.31. The number of aliphatic hydroxyl groups excluding tert-OH is 1. The summed E-state index contributed by atoms with van der Waals surface area (Å²) < 4.78 is 29.1. The van der Waals surface area contributed by atoms with E-state index in [4.69, 9.17) is 0 Å². The summed E-state index contributed by atoms with van der Waals surface area (Å²) in [7, 11) is 1.84. The number of aliphatic hydroxyl groups is 1. The highest BCUT2D eigenvalue weighted by Gasteiger charge is 2.18. The first-order chi connectivity index (χ1) is 11.6. The van der Waals surface area contributed by atoms with Crippen molar-refractivity contribution in [2.75, 3.05) is 6.54 Å². The van der Waals surface area contributed by atoms with Crippen molar-refractivity contribution in [3.63, 3.8) is 0 Å². The lowest BCUT2D eigenvalue weighted by molar-refractivity contribution is 0.164. The predicted octanol–water partition coefficient (Wildman–Crippen LogP) is 3.25. The van der Waals surface area contributed by atoms with Gasteiger partial charge in [-0.2, -0.15) is 5.10 Å². The van der Waals surface area contributed by atoms with Crippen molar-refractivity contribution in [3.05, 3.63) is 64.7 Å². The highest BCUT2D eigenvalue weighted by Crippen LogP contribution is 2.26. The van der Waals surface area contributed by atoms with E-state index >= 15 is 0 Å². The van der Waals surface area contributed by atoms with Crippen molar-refractivity contribution in [1.82, 2.24) is 15.1 Å². The van der Waals surface area contributed by atoms with Crippen LogP contribution in [0.3, 0.4) is 0 Å². The molecule has 0 aliphatic carbocycles. The minimum Gasteiger partial charge on any atom is -0.387 e. The van der Waals surface area contributed by atoms with Gasteiger partial charge in [-0.3, -0.25) is 4.68 Å². The minimum absolute atomic E-state index is 0.0383. The van der Waals surface area contributed by atoms with Crippen molar-refractivity contribution < 1.29 is 13.9 Å². The van der Waals surface area contributed by atoms with Gasteiger partial charge in [-0.15, -0.1) is 11.3 Å². The number of nitrogens with one attached hydrogen (secondary N) is 1. The lowest BCUT2D eigenvalue weighted by Gasteiger charge is -2.13. The molecule has 0 fully saturated rings. The Hall–Kier alpha value is -2.09. The summed E-state index contributed by atoms with van der Waals surface area (Å²) >= 11 is 1.59. The molecule has 0 saturated heterocycles. The summed E-state index contributed by atoms with van der Waals surface area (Å²) in [6.07, 6.45) is 0.631. The average Bonchev–Trinajstić information content (AvgIpc) is 3.16. The third kappa shape index (κ3) is 3.53. The van der Waals surface area contributed by atoms with E-state index in [2.05, 4.69) is 10.4 Å². The third-order valence-corrected chi connectivity index (χ3v) is 4.52. The SMILES string of the molecule is Cn1cc(CNCC(O)c2c(F)cccc2F)c(-c2cccs2)n1. The Kier molecular flexibility index (Phi) is 5.03. The number of nitrogens with zero attached hydrogens (tertiary/aromatic N) is 2. The Morgan fingerprint density at radius 2 is 2.00 bits per heavy atom. The first kappa shape index (κ1) is 16.8. The maximum absolute atomic E-state index is 13.7. The van der Waals surface area contributed by atoms with Gasteiger partial charge in [-0.25, -0.2) is 8.78 Å². The molecular formula is C17H17F2N3OS. The van der Waals surface area contributed by atoms with Crippen LogP contribution in [0, 0.1) is 11.6 Å². The van der Waals surface area contributed by atoms with E-state index in [9.17, 15) is 13.9 Å². The Labute approximate surface area is 142 Å². The number of benzene rings is 1. The Morgan fingerprint density at radius 3 is 2.67 bits per heavy atom. The van der Waals surface area contributed by atoms with E-state index in [1.54, 1.807) is 16.0 Å². The number of halogens is 2. The van der Waals surface area contributed by atoms with Gasteiger partial charge in [0.1, 0.15) is 17.3 Å². The monoisotopic (exact) mass is 349 g/mol. The molecule has 2 heterocycles. The van der Waals surface area contributed by atoms with Gasteiger partial charge in [0.05, 0.1) is 16.5 Å². The molecule has 0 aliphatic heterocycles. The van der Waals surface area contributed by atoms with Crippen LogP contribution in [-0.4, -0.2) is 21.4 Å². The summed E-state index contributed by atoms with van der Waals surface area (Å²) in [5.41, 5.74) is 1.52. The maximum atomic E-state index is 13.7. The second-order valence-corrected chi connectivity index (χ2v) is 6.38. The molecule has 0 saturated carbocycles. The van der Waals surface area contributed by atoms with E-state index < -0.39 is 17.7 Å². The van der Waals surface area contributed by atoms with Crippen LogP contribution in [-0.2, 0) is 13.6 Å². The molecule has 126 valence electrons. The summed E-state index contributed by atoms with van der Waals surface area (Å²) in [6, 6.07) is 7.49. The molecule has 1 atom stereocenters. The Bertz CT molecular complexity index is 797. The molecule has 0 spiro atoms. The zero-order valence-corrected chi connectivity index (χ0v) is 13.9. The van der Waals surface area contributed by atoms with Gasteiger partial charge in [0.2, 0.25) is 0 Å². The van der Waals surface area contributed by atoms with Crippen LogP contribution in [0.15, 0.2) is 41.9 Å². The van der Waals surface area contributed by atoms with E-state index in [0.29, 0.717) is 6.54 Å². The molecule has 7 heteroatoms. The summed E-state index contributed by atoms with van der Waals surface area (Å²) in [5.74, 6) is -1.49. The highest BCUT2D eigenvalue weighted by atomic mass is 32.1. The standard InChI is InChI=1S/C17H17F2N3OS/c1-22-10-11(17(21-22)15-6-3-7-24-15)8-20-9-14(23)16-12(18)4-2-5-13(16)19/h2-7,10,14,20,23H,8-9H2,1H3. The molecule has 0 aliphatic rings. The Morgan fingerprint density at radius 1 is 1.25 bits per heavy atom. The van der Waals surface area contributed by atoms with Gasteiger partial charge < -0.3 is 10.4 Å². The lowest BCUT2D eigenvalue weighted by atomic mass is 10.1. The van der Waals surface area contributed by atoms with Gasteiger partial charge in [0, 0.05) is 31.9 Å². The summed E-state index contributed by atoms with van der Waals surface area (Å²) in [5, 5.41) is 19.5. The molecule has 2 N–H and O–H groups in total. The van der Waals surface area contributed by atoms with Crippen LogP contribution in [0.4, 0.5) is 8.78 Å². The van der Waals surface area contributed by atoms with Gasteiger partial charge in [0.15, 0.2) is 0 Å². The number of hydrogen-bond acceptors (Lipinski definition) is 4. The number of aryl methyl sites for hydroxylation is 1.